The van der Waals surface area contributed by atoms with Crippen LogP contribution in [0.4, 0.5) is 0 Å². The molecule has 2 rings (SSSR count). The van der Waals surface area contributed by atoms with Crippen molar-refractivity contribution in [2.24, 2.45) is 0 Å². The van der Waals surface area contributed by atoms with Gasteiger partial charge in [-0.05, 0) is 43.3 Å². The largest absolute Gasteiger partial charge is 0.311 e. The minimum Gasteiger partial charge on any atom is -0.311 e. The Bertz CT molecular complexity index is 559. The third-order valence-corrected chi connectivity index (χ3v) is 2.48. The number of carbonyl (C=O) groups excluding carboxylic acids is 1. The average molecular weight is 210 g/mol. The van der Waals surface area contributed by atoms with Crippen LogP contribution in [0, 0.1) is 18.3 Å². The van der Waals surface area contributed by atoms with Crippen LogP contribution in [0.1, 0.15) is 21.7 Å². The zero-order valence-electron chi connectivity index (χ0n) is 8.84. The first-order valence-corrected chi connectivity index (χ1v) is 4.90. The molecule has 0 spiro atoms. The number of hydrogen-bond acceptors (Lipinski definition) is 2. The van der Waals surface area contributed by atoms with E-state index in [1.807, 2.05) is 29.7 Å². The fraction of sp³-hybridized carbons (Fsp3) is 0.0769. The van der Waals surface area contributed by atoms with Crippen LogP contribution >= 0.6 is 0 Å². The molecule has 1 heterocycles. The fourth-order valence-electron chi connectivity index (χ4n) is 1.69. The highest BCUT2D eigenvalue weighted by Crippen LogP contribution is 2.16. The predicted octanol–water partition coefficient (Wildman–Crippen LogP) is 2.47. The van der Waals surface area contributed by atoms with Crippen molar-refractivity contribution in [2.75, 3.05) is 0 Å². The Morgan fingerprint density at radius 3 is 2.44 bits per heavy atom. The number of rotatable bonds is 2. The second-order valence-corrected chi connectivity index (χ2v) is 3.51. The van der Waals surface area contributed by atoms with Gasteiger partial charge in [-0.3, -0.25) is 4.79 Å². The number of benzene rings is 1. The van der Waals surface area contributed by atoms with E-state index < -0.39 is 0 Å². The predicted molar refractivity (Wildman–Crippen MR) is 60.6 cm³/mol. The maximum Gasteiger partial charge on any atom is 0.166 e. The summed E-state index contributed by atoms with van der Waals surface area (Å²) in [6.45, 7) is 1.94. The Morgan fingerprint density at radius 1 is 1.19 bits per heavy atom. The van der Waals surface area contributed by atoms with Crippen LogP contribution in [-0.2, 0) is 0 Å². The number of nitrogens with zero attached hydrogens (tertiary/aromatic N) is 2. The lowest BCUT2D eigenvalue weighted by molar-refractivity contribution is 0.111. The van der Waals surface area contributed by atoms with E-state index in [1.165, 1.54) is 0 Å². The first-order valence-electron chi connectivity index (χ1n) is 4.90. The van der Waals surface area contributed by atoms with Gasteiger partial charge in [0.15, 0.2) is 6.29 Å². The molecule has 0 aliphatic heterocycles. The number of carbonyl (C=O) groups is 1. The number of aldehydes is 1. The Kier molecular flexibility index (Phi) is 2.57. The van der Waals surface area contributed by atoms with Crippen LogP contribution in [0.5, 0.6) is 0 Å². The van der Waals surface area contributed by atoms with Crippen molar-refractivity contribution in [2.45, 2.75) is 6.92 Å². The highest BCUT2D eigenvalue weighted by atomic mass is 16.1. The van der Waals surface area contributed by atoms with Crippen LogP contribution in [0.2, 0.25) is 0 Å². The Morgan fingerprint density at radius 2 is 1.88 bits per heavy atom. The first kappa shape index (κ1) is 10.2. The van der Waals surface area contributed by atoms with Crippen LogP contribution in [0.15, 0.2) is 36.4 Å². The molecule has 0 amide bonds. The summed E-state index contributed by atoms with van der Waals surface area (Å²) in [5.74, 6) is 0. The summed E-state index contributed by atoms with van der Waals surface area (Å²) < 4.78 is 1.86. The molecule has 3 nitrogen and oxygen atoms in total. The summed E-state index contributed by atoms with van der Waals surface area (Å²) in [4.78, 5) is 10.9. The molecule has 1 aromatic heterocycles. The molecule has 3 heteroatoms. The molecule has 0 N–H and O–H groups in total. The molecule has 0 aliphatic rings. The molecule has 0 radical (unpaired) electrons. The van der Waals surface area contributed by atoms with Gasteiger partial charge >= 0.3 is 0 Å². The monoisotopic (exact) mass is 210 g/mol. The van der Waals surface area contributed by atoms with Gasteiger partial charge in [0.05, 0.1) is 17.3 Å². The Balaban J connectivity index is 2.54. The van der Waals surface area contributed by atoms with Crippen molar-refractivity contribution in [3.05, 3.63) is 53.3 Å². The fourth-order valence-corrected chi connectivity index (χ4v) is 1.69. The van der Waals surface area contributed by atoms with Gasteiger partial charge in [0.2, 0.25) is 0 Å². The lowest BCUT2D eigenvalue weighted by Gasteiger charge is -2.08. The molecule has 16 heavy (non-hydrogen) atoms. The van der Waals surface area contributed by atoms with Crippen LogP contribution in [-0.4, -0.2) is 10.9 Å². The topological polar surface area (TPSA) is 45.8 Å². The van der Waals surface area contributed by atoms with Gasteiger partial charge in [-0.2, -0.15) is 5.26 Å². The van der Waals surface area contributed by atoms with Crippen LogP contribution in [0.3, 0.4) is 0 Å². The van der Waals surface area contributed by atoms with Gasteiger partial charge < -0.3 is 4.57 Å². The molecular formula is C13H10N2O. The molecule has 1 aromatic carbocycles. The Labute approximate surface area is 93.6 Å². The minimum atomic E-state index is 0.612. The van der Waals surface area contributed by atoms with Crippen molar-refractivity contribution in [1.29, 1.82) is 5.26 Å². The second kappa shape index (κ2) is 4.03. The van der Waals surface area contributed by atoms with Gasteiger partial charge in [-0.1, -0.05) is 0 Å². The molecule has 78 valence electrons. The van der Waals surface area contributed by atoms with E-state index >= 15 is 0 Å². The molecule has 2 aromatic rings. The molecular weight excluding hydrogens is 200 g/mol. The molecule has 0 bridgehead atoms. The number of hydrogen-bond donors (Lipinski definition) is 0. The maximum absolute atomic E-state index is 10.9. The molecule has 0 atom stereocenters. The second-order valence-electron chi connectivity index (χ2n) is 3.51. The van der Waals surface area contributed by atoms with E-state index in [-0.39, 0.29) is 0 Å². The summed E-state index contributed by atoms with van der Waals surface area (Å²) in [7, 11) is 0. The first-order chi connectivity index (χ1) is 7.76. The standard InChI is InChI=1S/C13H10N2O/c1-10-2-5-13(9-16)15(10)12-6-3-11(8-14)4-7-12/h2-7,9H,1H3. The van der Waals surface area contributed by atoms with Gasteiger partial charge in [-0.15, -0.1) is 0 Å². The van der Waals surface area contributed by atoms with Crippen LogP contribution < -0.4 is 0 Å². The van der Waals surface area contributed by atoms with Crippen molar-refractivity contribution in [3.63, 3.8) is 0 Å². The molecule has 0 saturated carbocycles. The summed E-state index contributed by atoms with van der Waals surface area (Å²) in [5, 5.41) is 8.70. The lowest BCUT2D eigenvalue weighted by Crippen LogP contribution is -2.00. The van der Waals surface area contributed by atoms with Crippen molar-refractivity contribution >= 4 is 6.29 Å². The minimum absolute atomic E-state index is 0.612. The summed E-state index contributed by atoms with van der Waals surface area (Å²) in [6, 6.07) is 12.9. The van der Waals surface area contributed by atoms with E-state index in [4.69, 9.17) is 5.26 Å². The van der Waals surface area contributed by atoms with Crippen molar-refractivity contribution in [1.82, 2.24) is 4.57 Å². The van der Waals surface area contributed by atoms with Gasteiger partial charge in [0.1, 0.15) is 0 Å². The van der Waals surface area contributed by atoms with Gasteiger partial charge in [0.25, 0.3) is 0 Å². The number of nitriles is 1. The number of aromatic nitrogens is 1. The highest BCUT2D eigenvalue weighted by molar-refractivity contribution is 5.74. The quantitative estimate of drug-likeness (QED) is 0.715. The van der Waals surface area contributed by atoms with E-state index in [0.717, 1.165) is 17.7 Å². The van der Waals surface area contributed by atoms with Crippen LogP contribution in [0.25, 0.3) is 5.69 Å². The zero-order valence-corrected chi connectivity index (χ0v) is 8.84. The summed E-state index contributed by atoms with van der Waals surface area (Å²) >= 11 is 0. The molecule has 0 saturated heterocycles. The van der Waals surface area contributed by atoms with Gasteiger partial charge in [0, 0.05) is 11.4 Å². The van der Waals surface area contributed by atoms with Gasteiger partial charge in [-0.25, -0.2) is 0 Å². The van der Waals surface area contributed by atoms with E-state index in [1.54, 1.807) is 18.2 Å². The average Bonchev–Trinajstić information content (AvgIpc) is 2.70. The lowest BCUT2D eigenvalue weighted by atomic mass is 10.2. The third kappa shape index (κ3) is 1.61. The zero-order chi connectivity index (χ0) is 11.5. The summed E-state index contributed by atoms with van der Waals surface area (Å²) in [5.41, 5.74) is 3.11. The van der Waals surface area contributed by atoms with E-state index in [0.29, 0.717) is 11.3 Å². The van der Waals surface area contributed by atoms with E-state index in [2.05, 4.69) is 6.07 Å². The van der Waals surface area contributed by atoms with E-state index in [9.17, 15) is 4.79 Å². The number of aryl methyl sites for hydroxylation is 1. The maximum atomic E-state index is 10.9. The normalized spacial score (nSPS) is 9.75. The highest BCUT2D eigenvalue weighted by Gasteiger charge is 2.05. The summed E-state index contributed by atoms with van der Waals surface area (Å²) in [6.07, 6.45) is 0.825. The third-order valence-electron chi connectivity index (χ3n) is 2.48. The Hall–Kier alpha value is -2.34. The molecule has 0 unspecified atom stereocenters. The SMILES string of the molecule is Cc1ccc(C=O)n1-c1ccc(C#N)cc1. The smallest absolute Gasteiger partial charge is 0.166 e. The van der Waals surface area contributed by atoms with Crippen molar-refractivity contribution < 1.29 is 4.79 Å². The van der Waals surface area contributed by atoms with Crippen molar-refractivity contribution in [3.8, 4) is 11.8 Å². The molecule has 0 aliphatic carbocycles. The molecule has 0 fully saturated rings.